The number of hydrogen-bond donors (Lipinski definition) is 0. The van der Waals surface area contributed by atoms with Crippen molar-refractivity contribution >= 4 is 5.97 Å². The van der Waals surface area contributed by atoms with Crippen molar-refractivity contribution in [3.05, 3.63) is 101 Å². The van der Waals surface area contributed by atoms with Crippen LogP contribution in [-0.4, -0.2) is 36.6 Å². The molecule has 1 atom stereocenters. The smallest absolute Gasteiger partial charge is 0.309 e. The Morgan fingerprint density at radius 3 is 2.06 bits per heavy atom. The molecule has 3 aromatic carbocycles. The number of hydrogen-bond acceptors (Lipinski definition) is 4. The highest BCUT2D eigenvalue weighted by Gasteiger charge is 2.23. The zero-order valence-corrected chi connectivity index (χ0v) is 21.7. The van der Waals surface area contributed by atoms with Crippen LogP contribution in [0.15, 0.2) is 78.9 Å². The summed E-state index contributed by atoms with van der Waals surface area (Å²) in [6.07, 6.45) is 1.19. The van der Waals surface area contributed by atoms with Crippen molar-refractivity contribution in [3.63, 3.8) is 0 Å². The molecule has 0 aliphatic rings. The van der Waals surface area contributed by atoms with Crippen LogP contribution in [0.2, 0.25) is 0 Å². The highest BCUT2D eigenvalue weighted by molar-refractivity contribution is 5.72. The molecule has 0 heterocycles. The van der Waals surface area contributed by atoms with Gasteiger partial charge in [0.25, 0.3) is 0 Å². The molecule has 186 valence electrons. The molecule has 0 fully saturated rings. The maximum Gasteiger partial charge on any atom is 0.309 e. The van der Waals surface area contributed by atoms with Crippen LogP contribution in [0.3, 0.4) is 0 Å². The molecule has 3 rings (SSSR count). The molecule has 0 saturated heterocycles. The third-order valence-electron chi connectivity index (χ3n) is 6.47. The number of ether oxygens (including phenoxy) is 2. The molecule has 4 nitrogen and oxygen atoms in total. The third kappa shape index (κ3) is 7.69. The normalized spacial score (nSPS) is 12.2. The molecular formula is C31H39NO3. The molecule has 35 heavy (non-hydrogen) atoms. The van der Waals surface area contributed by atoms with Gasteiger partial charge < -0.3 is 9.47 Å². The fraction of sp³-hybridized carbons (Fsp3) is 0.387. The highest BCUT2D eigenvalue weighted by atomic mass is 16.5. The Hall–Kier alpha value is -3.11. The Morgan fingerprint density at radius 2 is 1.46 bits per heavy atom. The summed E-state index contributed by atoms with van der Waals surface area (Å²) in [7, 11) is 1.43. The predicted octanol–water partition coefficient (Wildman–Crippen LogP) is 6.62. The quantitative estimate of drug-likeness (QED) is 0.277. The number of benzene rings is 3. The molecule has 0 aliphatic carbocycles. The van der Waals surface area contributed by atoms with Crippen molar-refractivity contribution in [2.45, 2.75) is 65.1 Å². The van der Waals surface area contributed by atoms with Crippen molar-refractivity contribution in [1.82, 2.24) is 4.90 Å². The molecule has 0 aliphatic heterocycles. The van der Waals surface area contributed by atoms with Gasteiger partial charge in [-0.05, 0) is 63.4 Å². The maximum absolute atomic E-state index is 12.0. The summed E-state index contributed by atoms with van der Waals surface area (Å²) in [5, 5.41) is 0. The molecule has 0 amide bonds. The van der Waals surface area contributed by atoms with Gasteiger partial charge in [0.2, 0.25) is 0 Å². The maximum atomic E-state index is 12.0. The molecule has 0 N–H and O–H groups in total. The second-order valence-electron chi connectivity index (χ2n) is 9.58. The average Bonchev–Trinajstić information content (AvgIpc) is 2.86. The van der Waals surface area contributed by atoms with Gasteiger partial charge in [-0.2, -0.15) is 0 Å². The van der Waals surface area contributed by atoms with Gasteiger partial charge in [-0.15, -0.1) is 0 Å². The number of rotatable bonds is 12. The summed E-state index contributed by atoms with van der Waals surface area (Å²) < 4.78 is 11.3. The number of carbonyl (C=O) groups is 1. The molecule has 0 spiro atoms. The van der Waals surface area contributed by atoms with E-state index in [9.17, 15) is 4.79 Å². The van der Waals surface area contributed by atoms with E-state index < -0.39 is 0 Å². The van der Waals surface area contributed by atoms with E-state index in [0.29, 0.717) is 18.7 Å². The lowest BCUT2D eigenvalue weighted by molar-refractivity contribution is -0.139. The summed E-state index contributed by atoms with van der Waals surface area (Å²) in [5.74, 6) is 0.757. The first-order chi connectivity index (χ1) is 16.9. The standard InChI is InChI=1S/C31H39NO3/c1-23(2)32(24(3)4)19-18-28(27-14-10-7-11-15-27)29-20-26(21-31(33)34-5)16-17-30(29)35-22-25-12-8-6-9-13-25/h6-17,20,23-24,28H,18-19,21-22H2,1-5H3/t28-/m1/s1. The van der Waals surface area contributed by atoms with Crippen LogP contribution in [0.5, 0.6) is 5.75 Å². The van der Waals surface area contributed by atoms with Crippen LogP contribution in [0.1, 0.15) is 62.3 Å². The summed E-state index contributed by atoms with van der Waals surface area (Å²) in [5.41, 5.74) is 4.42. The summed E-state index contributed by atoms with van der Waals surface area (Å²) in [6.45, 7) is 10.5. The zero-order chi connectivity index (χ0) is 25.2. The highest BCUT2D eigenvalue weighted by Crippen LogP contribution is 2.36. The fourth-order valence-corrected chi connectivity index (χ4v) is 4.66. The molecule has 0 bridgehead atoms. The lowest BCUT2D eigenvalue weighted by atomic mass is 9.86. The minimum absolute atomic E-state index is 0.138. The summed E-state index contributed by atoms with van der Waals surface area (Å²) in [4.78, 5) is 14.6. The van der Waals surface area contributed by atoms with Crippen molar-refractivity contribution in [3.8, 4) is 5.75 Å². The zero-order valence-electron chi connectivity index (χ0n) is 21.7. The average molecular weight is 474 g/mol. The summed E-state index contributed by atoms with van der Waals surface area (Å²) >= 11 is 0. The van der Waals surface area contributed by atoms with Gasteiger partial charge in [-0.3, -0.25) is 9.69 Å². The van der Waals surface area contributed by atoms with Crippen molar-refractivity contribution in [1.29, 1.82) is 0 Å². The first-order valence-corrected chi connectivity index (χ1v) is 12.6. The van der Waals surface area contributed by atoms with Crippen LogP contribution >= 0.6 is 0 Å². The van der Waals surface area contributed by atoms with E-state index in [1.165, 1.54) is 12.7 Å². The van der Waals surface area contributed by atoms with Gasteiger partial charge in [0, 0.05) is 23.6 Å². The van der Waals surface area contributed by atoms with Gasteiger partial charge in [0.1, 0.15) is 12.4 Å². The minimum atomic E-state index is -0.240. The Balaban J connectivity index is 1.99. The Labute approximate surface area is 210 Å². The van der Waals surface area contributed by atoms with Crippen LogP contribution in [0.25, 0.3) is 0 Å². The van der Waals surface area contributed by atoms with Crippen LogP contribution in [0.4, 0.5) is 0 Å². The van der Waals surface area contributed by atoms with Crippen molar-refractivity contribution < 1.29 is 14.3 Å². The largest absolute Gasteiger partial charge is 0.489 e. The van der Waals surface area contributed by atoms with Gasteiger partial charge >= 0.3 is 5.97 Å². The molecule has 3 aromatic rings. The van der Waals surface area contributed by atoms with Gasteiger partial charge in [-0.1, -0.05) is 72.8 Å². The van der Waals surface area contributed by atoms with Gasteiger partial charge in [-0.25, -0.2) is 0 Å². The Kier molecular flexibility index (Phi) is 9.92. The minimum Gasteiger partial charge on any atom is -0.489 e. The van der Waals surface area contributed by atoms with E-state index in [1.807, 2.05) is 30.3 Å². The van der Waals surface area contributed by atoms with E-state index in [2.05, 4.69) is 81.1 Å². The molecular weight excluding hydrogens is 434 g/mol. The second kappa shape index (κ2) is 13.1. The molecule has 0 aromatic heterocycles. The third-order valence-corrected chi connectivity index (χ3v) is 6.47. The van der Waals surface area contributed by atoms with Crippen molar-refractivity contribution in [2.24, 2.45) is 0 Å². The molecule has 0 unspecified atom stereocenters. The van der Waals surface area contributed by atoms with Gasteiger partial charge in [0.05, 0.1) is 13.5 Å². The van der Waals surface area contributed by atoms with E-state index >= 15 is 0 Å². The van der Waals surface area contributed by atoms with Crippen molar-refractivity contribution in [2.75, 3.05) is 13.7 Å². The Bertz CT molecular complexity index is 1040. The first-order valence-electron chi connectivity index (χ1n) is 12.6. The molecule has 4 heteroatoms. The van der Waals surface area contributed by atoms with E-state index in [1.54, 1.807) is 0 Å². The predicted molar refractivity (Wildman–Crippen MR) is 143 cm³/mol. The van der Waals surface area contributed by atoms with E-state index in [-0.39, 0.29) is 18.3 Å². The second-order valence-corrected chi connectivity index (χ2v) is 9.58. The van der Waals surface area contributed by atoms with Gasteiger partial charge in [0.15, 0.2) is 0 Å². The number of carbonyl (C=O) groups excluding carboxylic acids is 1. The monoisotopic (exact) mass is 473 g/mol. The van der Waals surface area contributed by atoms with Crippen LogP contribution in [0, 0.1) is 0 Å². The molecule has 0 saturated carbocycles. The van der Waals surface area contributed by atoms with Crippen LogP contribution < -0.4 is 4.74 Å². The Morgan fingerprint density at radius 1 is 0.829 bits per heavy atom. The summed E-state index contributed by atoms with van der Waals surface area (Å²) in [6, 6.07) is 27.9. The first kappa shape index (κ1) is 26.5. The van der Waals surface area contributed by atoms with E-state index in [4.69, 9.17) is 9.47 Å². The topological polar surface area (TPSA) is 38.8 Å². The molecule has 0 radical (unpaired) electrons. The number of nitrogens with zero attached hydrogens (tertiary/aromatic N) is 1. The number of methoxy groups -OCH3 is 1. The lowest BCUT2D eigenvalue weighted by Crippen LogP contribution is -2.38. The van der Waals surface area contributed by atoms with Crippen LogP contribution in [-0.2, 0) is 22.6 Å². The lowest BCUT2D eigenvalue weighted by Gasteiger charge is -2.32. The number of esters is 1. The van der Waals surface area contributed by atoms with E-state index in [0.717, 1.165) is 35.4 Å². The fourth-order valence-electron chi connectivity index (χ4n) is 4.66. The SMILES string of the molecule is COC(=O)Cc1ccc(OCc2ccccc2)c([C@H](CCN(C(C)C)C(C)C)c2ccccc2)c1.